The number of halogens is 2. The van der Waals surface area contributed by atoms with Crippen molar-refractivity contribution in [2.45, 2.75) is 18.6 Å². The Labute approximate surface area is 228 Å². The highest BCUT2D eigenvalue weighted by Gasteiger charge is 2.50. The highest BCUT2D eigenvalue weighted by molar-refractivity contribution is 6.31. The fourth-order valence-electron chi connectivity index (χ4n) is 5.42. The van der Waals surface area contributed by atoms with Gasteiger partial charge in [0, 0.05) is 27.7 Å². The van der Waals surface area contributed by atoms with Crippen LogP contribution in [0.4, 0.5) is 0 Å². The lowest BCUT2D eigenvalue weighted by Gasteiger charge is -2.52. The van der Waals surface area contributed by atoms with Crippen molar-refractivity contribution in [2.75, 3.05) is 47.6 Å². The maximum Gasteiger partial charge on any atom is 0.203 e. The van der Waals surface area contributed by atoms with Crippen molar-refractivity contribution in [3.05, 3.63) is 87.4 Å². The number of methoxy groups -OCH3 is 3. The van der Waals surface area contributed by atoms with Gasteiger partial charge in [0.15, 0.2) is 11.5 Å². The van der Waals surface area contributed by atoms with E-state index < -0.39 is 0 Å². The van der Waals surface area contributed by atoms with E-state index in [2.05, 4.69) is 4.90 Å². The summed E-state index contributed by atoms with van der Waals surface area (Å²) in [5.74, 6) is 9.18. The lowest BCUT2D eigenvalue weighted by Crippen LogP contribution is -2.66. The second-order valence-electron chi connectivity index (χ2n) is 9.20. The molecule has 0 bridgehead atoms. The topological polar surface area (TPSA) is 77.2 Å². The first-order valence-electron chi connectivity index (χ1n) is 12.1. The van der Waals surface area contributed by atoms with Gasteiger partial charge in [0.1, 0.15) is 18.6 Å². The fraction of sp³-hybridized carbons (Fsp3) is 0.357. The van der Waals surface area contributed by atoms with E-state index in [9.17, 15) is 5.11 Å². The number of nitrogens with two attached hydrogens (primary N) is 1. The summed E-state index contributed by atoms with van der Waals surface area (Å²) in [5.41, 5.74) is 2.74. The van der Waals surface area contributed by atoms with Gasteiger partial charge in [-0.1, -0.05) is 59.6 Å². The number of piperazine rings is 1. The SMILES string of the molecule is COc1ccc(C[N+]2(N)C(c3ccccc3Cl)CN(CCO)CC2c2ccccc2Cl)c(OC)c1OC. The molecule has 1 fully saturated rings. The maximum absolute atomic E-state index is 9.81. The van der Waals surface area contributed by atoms with Crippen molar-refractivity contribution >= 4 is 23.2 Å². The van der Waals surface area contributed by atoms with Crippen LogP contribution in [0, 0.1) is 0 Å². The molecule has 0 radical (unpaired) electrons. The van der Waals surface area contributed by atoms with Crippen molar-refractivity contribution in [2.24, 2.45) is 5.84 Å². The van der Waals surface area contributed by atoms with Crippen LogP contribution in [-0.4, -0.2) is 62.2 Å². The largest absolute Gasteiger partial charge is 0.493 e. The van der Waals surface area contributed by atoms with Gasteiger partial charge in [-0.05, 0) is 24.3 Å². The molecule has 1 saturated heterocycles. The van der Waals surface area contributed by atoms with E-state index in [0.29, 0.717) is 53.5 Å². The Kier molecular flexibility index (Phi) is 8.85. The predicted molar refractivity (Wildman–Crippen MR) is 146 cm³/mol. The Morgan fingerprint density at radius 2 is 1.38 bits per heavy atom. The number of quaternary nitrogens is 1. The fourth-order valence-corrected chi connectivity index (χ4v) is 5.94. The van der Waals surface area contributed by atoms with Crippen molar-refractivity contribution in [3.8, 4) is 17.2 Å². The summed E-state index contributed by atoms with van der Waals surface area (Å²) in [5, 5.41) is 11.1. The van der Waals surface area contributed by atoms with Crippen molar-refractivity contribution < 1.29 is 23.9 Å². The molecule has 0 saturated carbocycles. The average molecular weight is 548 g/mol. The van der Waals surface area contributed by atoms with Gasteiger partial charge in [-0.25, -0.2) is 4.59 Å². The van der Waals surface area contributed by atoms with Crippen LogP contribution >= 0.6 is 23.2 Å². The lowest BCUT2D eigenvalue weighted by atomic mass is 9.92. The maximum atomic E-state index is 9.81. The molecule has 3 aromatic carbocycles. The zero-order valence-corrected chi connectivity index (χ0v) is 22.9. The minimum atomic E-state index is -0.229. The first-order chi connectivity index (χ1) is 17.9. The second kappa shape index (κ2) is 11.9. The van der Waals surface area contributed by atoms with Crippen molar-refractivity contribution in [1.82, 2.24) is 4.90 Å². The van der Waals surface area contributed by atoms with E-state index in [1.807, 2.05) is 60.7 Å². The molecule has 0 aliphatic carbocycles. The summed E-state index contributed by atoms with van der Waals surface area (Å²) in [4.78, 5) is 2.22. The van der Waals surface area contributed by atoms with Gasteiger partial charge in [-0.15, -0.1) is 0 Å². The molecule has 198 valence electrons. The standard InChI is InChI=1S/C28H34Cl2N3O4/c1-35-26-13-12-19(27(36-2)28(26)37-3)18-33(31)24(20-8-4-6-10-22(20)29)16-32(14-15-34)17-25(33)21-9-5-7-11-23(21)30/h4-13,24-25,34H,14-18,31H2,1-3H3/q+1. The molecule has 1 aliphatic rings. The Hall–Kier alpha value is -2.52. The summed E-state index contributed by atoms with van der Waals surface area (Å²) in [6.07, 6.45) is 0. The molecule has 3 aromatic rings. The van der Waals surface area contributed by atoms with Crippen molar-refractivity contribution in [1.29, 1.82) is 0 Å². The first-order valence-corrected chi connectivity index (χ1v) is 12.9. The highest BCUT2D eigenvalue weighted by atomic mass is 35.5. The smallest absolute Gasteiger partial charge is 0.203 e. The Morgan fingerprint density at radius 3 is 1.84 bits per heavy atom. The monoisotopic (exact) mass is 546 g/mol. The van der Waals surface area contributed by atoms with Crippen LogP contribution < -0.4 is 20.1 Å². The highest BCUT2D eigenvalue weighted by Crippen LogP contribution is 2.48. The molecule has 9 heteroatoms. The quantitative estimate of drug-likeness (QED) is 0.290. The first kappa shape index (κ1) is 27.5. The van der Waals surface area contributed by atoms with E-state index in [0.717, 1.165) is 16.7 Å². The van der Waals surface area contributed by atoms with Gasteiger partial charge in [0.2, 0.25) is 5.75 Å². The molecular formula is C28H34Cl2N3O4+. The van der Waals surface area contributed by atoms with Crippen LogP contribution in [-0.2, 0) is 6.54 Å². The lowest BCUT2D eigenvalue weighted by molar-refractivity contribution is -1.01. The zero-order valence-electron chi connectivity index (χ0n) is 21.4. The number of ether oxygens (including phenoxy) is 3. The van der Waals surface area contributed by atoms with Crippen LogP contribution in [0.2, 0.25) is 10.0 Å². The van der Waals surface area contributed by atoms with Crippen LogP contribution in [0.3, 0.4) is 0 Å². The predicted octanol–water partition coefficient (Wildman–Crippen LogP) is 5.00. The molecule has 1 heterocycles. The third-order valence-corrected chi connectivity index (χ3v) is 7.89. The Morgan fingerprint density at radius 1 is 0.838 bits per heavy atom. The molecule has 0 spiro atoms. The third kappa shape index (κ3) is 5.39. The number of aliphatic hydroxyl groups excluding tert-OH is 1. The molecule has 2 atom stereocenters. The number of rotatable bonds is 9. The molecule has 7 nitrogen and oxygen atoms in total. The second-order valence-corrected chi connectivity index (χ2v) is 10.0. The number of aliphatic hydroxyl groups is 1. The van der Waals surface area contributed by atoms with Gasteiger partial charge < -0.3 is 19.3 Å². The minimum absolute atomic E-state index is 0.0402. The third-order valence-electron chi connectivity index (χ3n) is 7.20. The molecular weight excluding hydrogens is 513 g/mol. The van der Waals surface area contributed by atoms with Gasteiger partial charge >= 0.3 is 0 Å². The van der Waals surface area contributed by atoms with E-state index in [1.54, 1.807) is 21.3 Å². The van der Waals surface area contributed by atoms with Gasteiger partial charge in [0.25, 0.3) is 0 Å². The normalized spacial score (nSPS) is 22.0. The number of benzene rings is 3. The van der Waals surface area contributed by atoms with E-state index in [4.69, 9.17) is 43.3 Å². The van der Waals surface area contributed by atoms with Crippen LogP contribution in [0.25, 0.3) is 0 Å². The number of hydrogen-bond donors (Lipinski definition) is 2. The van der Waals surface area contributed by atoms with Gasteiger partial charge in [-0.2, -0.15) is 5.84 Å². The number of β-amino-alcohol motifs (C(OH)–C–C–N with tert-alkyl or cyclic N) is 1. The van der Waals surface area contributed by atoms with E-state index in [-0.39, 0.29) is 23.3 Å². The Balaban J connectivity index is 1.92. The van der Waals surface area contributed by atoms with E-state index in [1.165, 1.54) is 0 Å². The van der Waals surface area contributed by atoms with Crippen LogP contribution in [0.1, 0.15) is 28.8 Å². The summed E-state index contributed by atoms with van der Waals surface area (Å²) in [7, 11) is 4.79. The minimum Gasteiger partial charge on any atom is -0.493 e. The molecule has 1 aliphatic heterocycles. The van der Waals surface area contributed by atoms with Crippen molar-refractivity contribution in [3.63, 3.8) is 0 Å². The van der Waals surface area contributed by atoms with Gasteiger partial charge in [0.05, 0.1) is 46.6 Å². The molecule has 4 rings (SSSR count). The zero-order chi connectivity index (χ0) is 26.6. The number of nitrogens with zero attached hydrogens (tertiary/aromatic N) is 2. The van der Waals surface area contributed by atoms with Gasteiger partial charge in [-0.3, -0.25) is 4.90 Å². The average Bonchev–Trinajstić information content (AvgIpc) is 2.90. The molecule has 0 aromatic heterocycles. The number of hydrogen-bond acceptors (Lipinski definition) is 6. The Bertz CT molecular complexity index is 1170. The summed E-state index contributed by atoms with van der Waals surface area (Å²) >= 11 is 13.5. The molecule has 2 unspecified atom stereocenters. The molecule has 37 heavy (non-hydrogen) atoms. The summed E-state index contributed by atoms with van der Waals surface area (Å²) in [6.45, 7) is 2.18. The van der Waals surface area contributed by atoms with E-state index >= 15 is 0 Å². The summed E-state index contributed by atoms with van der Waals surface area (Å²) < 4.78 is 17.1. The summed E-state index contributed by atoms with van der Waals surface area (Å²) in [6, 6.07) is 18.9. The molecule has 0 amide bonds. The molecule has 3 N–H and O–H groups in total. The van der Waals surface area contributed by atoms with Crippen LogP contribution in [0.15, 0.2) is 60.7 Å². The van der Waals surface area contributed by atoms with Crippen LogP contribution in [0.5, 0.6) is 17.2 Å².